The molecule has 0 spiro atoms. The van der Waals surface area contributed by atoms with Crippen molar-refractivity contribution in [3.63, 3.8) is 0 Å². The first kappa shape index (κ1) is 15.9. The molecule has 0 bridgehead atoms. The number of nitrogens with one attached hydrogen (secondary N) is 1. The zero-order chi connectivity index (χ0) is 16.4. The van der Waals surface area contributed by atoms with Crippen molar-refractivity contribution >= 4 is 44.4 Å². The molecule has 2 heterocycles. The molecule has 7 heteroatoms. The standard InChI is InChI=1S/C16H16N4OS2/c1-9-4-5-12-13(6-9)23-16(19-12)20-15(21)11(3)22-14-7-10(2)17-8-18-14/h4-8,11H,1-3H3,(H,19,20,21)/t11-/m1/s1. The lowest BCUT2D eigenvalue weighted by atomic mass is 10.2. The lowest BCUT2D eigenvalue weighted by Gasteiger charge is -2.09. The smallest absolute Gasteiger partial charge is 0.239 e. The van der Waals surface area contributed by atoms with Crippen LogP contribution in [0.25, 0.3) is 10.2 Å². The Morgan fingerprint density at radius 3 is 2.87 bits per heavy atom. The third kappa shape index (κ3) is 3.86. The quantitative estimate of drug-likeness (QED) is 0.575. The van der Waals surface area contributed by atoms with E-state index >= 15 is 0 Å². The summed E-state index contributed by atoms with van der Waals surface area (Å²) in [5, 5.41) is 4.04. The highest BCUT2D eigenvalue weighted by molar-refractivity contribution is 8.00. The molecule has 0 aliphatic rings. The van der Waals surface area contributed by atoms with Crippen molar-refractivity contribution in [3.8, 4) is 0 Å². The highest BCUT2D eigenvalue weighted by Crippen LogP contribution is 2.28. The fraction of sp³-hybridized carbons (Fsp3) is 0.250. The summed E-state index contributed by atoms with van der Waals surface area (Å²) < 4.78 is 1.08. The summed E-state index contributed by atoms with van der Waals surface area (Å²) in [6, 6.07) is 7.93. The number of thiazole rings is 1. The topological polar surface area (TPSA) is 67.8 Å². The van der Waals surface area contributed by atoms with Crippen molar-refractivity contribution in [2.45, 2.75) is 31.0 Å². The average Bonchev–Trinajstić information content (AvgIpc) is 2.88. The van der Waals surface area contributed by atoms with Gasteiger partial charge in [-0.2, -0.15) is 0 Å². The van der Waals surface area contributed by atoms with Crippen molar-refractivity contribution < 1.29 is 4.79 Å². The summed E-state index contributed by atoms with van der Waals surface area (Å²) in [5.41, 5.74) is 2.97. The van der Waals surface area contributed by atoms with E-state index in [9.17, 15) is 4.79 Å². The number of aromatic nitrogens is 3. The zero-order valence-corrected chi connectivity index (χ0v) is 14.7. The van der Waals surface area contributed by atoms with E-state index in [1.807, 2.05) is 39.0 Å². The van der Waals surface area contributed by atoms with Gasteiger partial charge in [0, 0.05) is 5.69 Å². The fourth-order valence-corrected chi connectivity index (χ4v) is 3.86. The van der Waals surface area contributed by atoms with Gasteiger partial charge in [0.1, 0.15) is 11.4 Å². The number of benzene rings is 1. The van der Waals surface area contributed by atoms with Crippen LogP contribution in [0.4, 0.5) is 5.13 Å². The maximum atomic E-state index is 12.3. The van der Waals surface area contributed by atoms with Gasteiger partial charge in [-0.3, -0.25) is 4.79 Å². The van der Waals surface area contributed by atoms with Crippen LogP contribution < -0.4 is 5.32 Å². The van der Waals surface area contributed by atoms with Crippen molar-refractivity contribution in [2.24, 2.45) is 0 Å². The minimum absolute atomic E-state index is 0.0814. The second-order valence-electron chi connectivity index (χ2n) is 5.24. The third-order valence-electron chi connectivity index (χ3n) is 3.22. The number of anilines is 1. The predicted molar refractivity (Wildman–Crippen MR) is 95.1 cm³/mol. The van der Waals surface area contributed by atoms with Crippen LogP contribution in [0.3, 0.4) is 0 Å². The van der Waals surface area contributed by atoms with Crippen LogP contribution in [-0.2, 0) is 4.79 Å². The number of carbonyl (C=O) groups is 1. The molecule has 0 radical (unpaired) electrons. The Morgan fingerprint density at radius 1 is 1.26 bits per heavy atom. The minimum Gasteiger partial charge on any atom is -0.301 e. The van der Waals surface area contributed by atoms with Crippen molar-refractivity contribution in [1.82, 2.24) is 15.0 Å². The van der Waals surface area contributed by atoms with Crippen LogP contribution >= 0.6 is 23.1 Å². The number of thioether (sulfide) groups is 1. The van der Waals surface area contributed by atoms with Crippen LogP contribution in [0.15, 0.2) is 35.6 Å². The van der Waals surface area contributed by atoms with E-state index in [1.165, 1.54) is 35.0 Å². The molecule has 0 aliphatic carbocycles. The summed E-state index contributed by atoms with van der Waals surface area (Å²) in [7, 11) is 0. The number of hydrogen-bond donors (Lipinski definition) is 1. The molecule has 118 valence electrons. The Hall–Kier alpha value is -1.99. The van der Waals surface area contributed by atoms with E-state index in [4.69, 9.17) is 0 Å². The van der Waals surface area contributed by atoms with Gasteiger partial charge in [0.25, 0.3) is 0 Å². The molecule has 1 atom stereocenters. The second-order valence-corrected chi connectivity index (χ2v) is 7.63. The number of hydrogen-bond acceptors (Lipinski definition) is 6. The fourth-order valence-electron chi connectivity index (χ4n) is 2.02. The van der Waals surface area contributed by atoms with Gasteiger partial charge >= 0.3 is 0 Å². The van der Waals surface area contributed by atoms with Gasteiger partial charge in [0.05, 0.1) is 15.5 Å². The molecule has 0 saturated heterocycles. The van der Waals surface area contributed by atoms with Crippen LogP contribution in [0, 0.1) is 13.8 Å². The molecule has 0 aliphatic heterocycles. The van der Waals surface area contributed by atoms with Gasteiger partial charge < -0.3 is 5.32 Å². The van der Waals surface area contributed by atoms with E-state index in [2.05, 4.69) is 26.3 Å². The van der Waals surface area contributed by atoms with Gasteiger partial charge in [-0.1, -0.05) is 29.2 Å². The molecule has 0 fully saturated rings. The summed E-state index contributed by atoms with van der Waals surface area (Å²) >= 11 is 2.90. The molecule has 1 aromatic carbocycles. The largest absolute Gasteiger partial charge is 0.301 e. The van der Waals surface area contributed by atoms with Crippen LogP contribution in [-0.4, -0.2) is 26.1 Å². The maximum absolute atomic E-state index is 12.3. The van der Waals surface area contributed by atoms with Crippen LogP contribution in [0.5, 0.6) is 0 Å². The van der Waals surface area contributed by atoms with Crippen LogP contribution in [0.1, 0.15) is 18.2 Å². The molecule has 1 amide bonds. The van der Waals surface area contributed by atoms with Gasteiger partial charge in [0.15, 0.2) is 5.13 Å². The number of rotatable bonds is 4. The van der Waals surface area contributed by atoms with E-state index < -0.39 is 0 Å². The molecular formula is C16H16N4OS2. The molecule has 23 heavy (non-hydrogen) atoms. The molecule has 3 aromatic rings. The lowest BCUT2D eigenvalue weighted by molar-refractivity contribution is -0.115. The van der Waals surface area contributed by atoms with Crippen molar-refractivity contribution in [1.29, 1.82) is 0 Å². The number of nitrogens with zero attached hydrogens (tertiary/aromatic N) is 3. The Morgan fingerprint density at radius 2 is 2.09 bits per heavy atom. The summed E-state index contributed by atoms with van der Waals surface area (Å²) in [4.78, 5) is 25.0. The molecule has 0 unspecified atom stereocenters. The Labute approximate surface area is 142 Å². The molecule has 1 N–H and O–H groups in total. The summed E-state index contributed by atoms with van der Waals surface area (Å²) in [6.07, 6.45) is 1.51. The SMILES string of the molecule is Cc1ccc2nc(NC(=O)[C@@H](C)Sc3cc(C)ncn3)sc2c1. The van der Waals surface area contributed by atoms with E-state index in [0.717, 1.165) is 20.9 Å². The first-order valence-electron chi connectivity index (χ1n) is 7.14. The molecule has 2 aromatic heterocycles. The normalized spacial score (nSPS) is 12.3. The summed E-state index contributed by atoms with van der Waals surface area (Å²) in [6.45, 7) is 5.80. The van der Waals surface area contributed by atoms with Gasteiger partial charge in [-0.25, -0.2) is 15.0 Å². The second kappa shape index (κ2) is 6.64. The number of amides is 1. The van der Waals surface area contributed by atoms with Gasteiger partial charge in [-0.15, -0.1) is 0 Å². The highest BCUT2D eigenvalue weighted by atomic mass is 32.2. The molecule has 0 saturated carbocycles. The first-order valence-corrected chi connectivity index (χ1v) is 8.84. The Bertz CT molecular complexity index is 862. The van der Waals surface area contributed by atoms with Gasteiger partial charge in [0.2, 0.25) is 5.91 Å². The Kier molecular flexibility index (Phi) is 4.58. The zero-order valence-electron chi connectivity index (χ0n) is 13.0. The number of fused-ring (bicyclic) bond motifs is 1. The van der Waals surface area contributed by atoms with Crippen molar-refractivity contribution in [2.75, 3.05) is 5.32 Å². The minimum atomic E-state index is -0.266. The summed E-state index contributed by atoms with van der Waals surface area (Å²) in [5.74, 6) is -0.0814. The van der Waals surface area contributed by atoms with E-state index in [-0.39, 0.29) is 11.2 Å². The Balaban J connectivity index is 1.69. The van der Waals surface area contributed by atoms with Gasteiger partial charge in [-0.05, 0) is 44.5 Å². The highest BCUT2D eigenvalue weighted by Gasteiger charge is 2.17. The molecule has 5 nitrogen and oxygen atoms in total. The monoisotopic (exact) mass is 344 g/mol. The number of aryl methyl sites for hydroxylation is 2. The predicted octanol–water partition coefficient (Wildman–Crippen LogP) is 3.82. The maximum Gasteiger partial charge on any atom is 0.239 e. The molecule has 3 rings (SSSR count). The molecular weight excluding hydrogens is 328 g/mol. The third-order valence-corrected chi connectivity index (χ3v) is 5.19. The van der Waals surface area contributed by atoms with E-state index in [1.54, 1.807) is 0 Å². The average molecular weight is 344 g/mol. The van der Waals surface area contributed by atoms with E-state index in [0.29, 0.717) is 5.13 Å². The first-order chi connectivity index (χ1) is 11.0. The lowest BCUT2D eigenvalue weighted by Crippen LogP contribution is -2.22. The van der Waals surface area contributed by atoms with Crippen molar-refractivity contribution in [3.05, 3.63) is 41.9 Å². The number of carbonyl (C=O) groups excluding carboxylic acids is 1. The van der Waals surface area contributed by atoms with Crippen LogP contribution in [0.2, 0.25) is 0 Å².